The fourth-order valence-corrected chi connectivity index (χ4v) is 2.56. The van der Waals surface area contributed by atoms with E-state index in [2.05, 4.69) is 59.9 Å². The largest absolute Gasteiger partial charge is 0.353 e. The van der Waals surface area contributed by atoms with E-state index in [0.29, 0.717) is 0 Å². The van der Waals surface area contributed by atoms with Crippen LogP contribution in [0.2, 0.25) is 0 Å². The highest BCUT2D eigenvalue weighted by Crippen LogP contribution is 2.21. The van der Waals surface area contributed by atoms with Gasteiger partial charge in [-0.25, -0.2) is 0 Å². The Morgan fingerprint density at radius 3 is 2.61 bits per heavy atom. The molecule has 1 radical (unpaired) electrons. The number of fused-ring (bicyclic) bond motifs is 1. The lowest BCUT2D eigenvalue weighted by Gasteiger charge is -2.01. The third-order valence-electron chi connectivity index (χ3n) is 3.14. The van der Waals surface area contributed by atoms with Crippen LogP contribution in [-0.4, -0.2) is 11.2 Å². The summed E-state index contributed by atoms with van der Waals surface area (Å²) in [6.45, 7) is 0. The molecule has 1 heterocycles. The summed E-state index contributed by atoms with van der Waals surface area (Å²) in [5, 5.41) is 1.27. The molecule has 2 heteroatoms. The van der Waals surface area contributed by atoms with E-state index >= 15 is 0 Å². The van der Waals surface area contributed by atoms with Gasteiger partial charge in [0, 0.05) is 22.2 Å². The molecule has 1 aromatic heterocycles. The molecule has 0 bridgehead atoms. The monoisotopic (exact) mass is 252 g/mol. The molecule has 0 spiro atoms. The Hall–Kier alpha value is -1.67. The minimum atomic E-state index is 0.929. The van der Waals surface area contributed by atoms with Crippen LogP contribution >= 0.6 is 11.8 Å². The average Bonchev–Trinajstić information content (AvgIpc) is 2.83. The number of rotatable bonds is 3. The van der Waals surface area contributed by atoms with Gasteiger partial charge in [-0.05, 0) is 35.6 Å². The zero-order valence-electron chi connectivity index (χ0n) is 10.2. The first kappa shape index (κ1) is 11.4. The summed E-state index contributed by atoms with van der Waals surface area (Å²) < 4.78 is 0. The van der Waals surface area contributed by atoms with Crippen LogP contribution in [0.15, 0.2) is 53.4 Å². The van der Waals surface area contributed by atoms with Gasteiger partial charge in [0.1, 0.15) is 0 Å². The smallest absolute Gasteiger partial charge is 0.0669 e. The second-order valence-electron chi connectivity index (χ2n) is 4.30. The molecule has 0 aliphatic carbocycles. The zero-order valence-corrected chi connectivity index (χ0v) is 11.1. The molecule has 0 saturated carbocycles. The van der Waals surface area contributed by atoms with Crippen molar-refractivity contribution in [3.8, 4) is 0 Å². The van der Waals surface area contributed by atoms with E-state index in [-0.39, 0.29) is 0 Å². The maximum atomic E-state index is 3.26. The number of thioether (sulfide) groups is 1. The van der Waals surface area contributed by atoms with E-state index in [0.717, 1.165) is 11.9 Å². The molecule has 1 nitrogen and oxygen atoms in total. The summed E-state index contributed by atoms with van der Waals surface area (Å²) >= 11 is 1.77. The Balaban J connectivity index is 1.91. The van der Waals surface area contributed by atoms with Crippen molar-refractivity contribution in [1.82, 2.24) is 4.98 Å². The third kappa shape index (κ3) is 2.16. The van der Waals surface area contributed by atoms with Gasteiger partial charge < -0.3 is 4.98 Å². The molecule has 0 fully saturated rings. The fraction of sp³-hybridized carbons (Fsp3) is 0.125. The quantitative estimate of drug-likeness (QED) is 0.688. The predicted octanol–water partition coefficient (Wildman–Crippen LogP) is 4.28. The molecule has 0 amide bonds. The number of aromatic nitrogens is 1. The molecule has 0 atom stereocenters. The molecule has 18 heavy (non-hydrogen) atoms. The lowest BCUT2D eigenvalue weighted by Crippen LogP contribution is -1.86. The summed E-state index contributed by atoms with van der Waals surface area (Å²) in [5.74, 6) is 0. The van der Waals surface area contributed by atoms with E-state index in [1.165, 1.54) is 21.4 Å². The predicted molar refractivity (Wildman–Crippen MR) is 78.2 cm³/mol. The first-order valence-corrected chi connectivity index (χ1v) is 7.19. The standard InChI is InChI=1S/C16H14NS/c1-18-14-8-6-12(7-9-14)10-13-11-17-16-5-3-2-4-15(13)16/h2-9,17H,10H2,1H3. The van der Waals surface area contributed by atoms with Crippen molar-refractivity contribution < 1.29 is 0 Å². The van der Waals surface area contributed by atoms with Gasteiger partial charge >= 0.3 is 0 Å². The molecule has 2 aromatic carbocycles. The normalized spacial score (nSPS) is 10.9. The van der Waals surface area contributed by atoms with E-state index in [1.54, 1.807) is 11.8 Å². The van der Waals surface area contributed by atoms with Crippen molar-refractivity contribution in [2.45, 2.75) is 11.3 Å². The minimum absolute atomic E-state index is 0.929. The highest BCUT2D eigenvalue weighted by atomic mass is 32.2. The van der Waals surface area contributed by atoms with Crippen molar-refractivity contribution in [3.05, 3.63) is 65.9 Å². The minimum Gasteiger partial charge on any atom is -0.353 e. The molecule has 0 aliphatic heterocycles. The van der Waals surface area contributed by atoms with Gasteiger partial charge in [-0.15, -0.1) is 11.8 Å². The molecule has 0 saturated heterocycles. The summed E-state index contributed by atoms with van der Waals surface area (Å²) in [6, 6.07) is 17.1. The number of benzene rings is 2. The van der Waals surface area contributed by atoms with Crippen LogP contribution in [0.25, 0.3) is 10.9 Å². The Morgan fingerprint density at radius 2 is 1.83 bits per heavy atom. The van der Waals surface area contributed by atoms with Crippen LogP contribution in [0.3, 0.4) is 0 Å². The topological polar surface area (TPSA) is 15.8 Å². The van der Waals surface area contributed by atoms with Crippen molar-refractivity contribution in [2.24, 2.45) is 0 Å². The van der Waals surface area contributed by atoms with Gasteiger partial charge in [0.2, 0.25) is 0 Å². The van der Waals surface area contributed by atoms with Crippen molar-refractivity contribution >= 4 is 22.7 Å². The van der Waals surface area contributed by atoms with Crippen molar-refractivity contribution in [2.75, 3.05) is 6.26 Å². The second kappa shape index (κ2) is 4.91. The fourth-order valence-electron chi connectivity index (χ4n) is 2.15. The summed E-state index contributed by atoms with van der Waals surface area (Å²) in [6.07, 6.45) is 6.29. The SMILES string of the molecule is CSc1ccc(Cc2[c][nH]c3ccccc23)cc1. The highest BCUT2D eigenvalue weighted by molar-refractivity contribution is 7.98. The molecule has 0 aliphatic rings. The lowest BCUT2D eigenvalue weighted by atomic mass is 10.0. The molecular formula is C16H14NS. The lowest BCUT2D eigenvalue weighted by molar-refractivity contribution is 1.19. The van der Waals surface area contributed by atoms with Gasteiger partial charge in [0.25, 0.3) is 0 Å². The van der Waals surface area contributed by atoms with Gasteiger partial charge in [0.05, 0.1) is 6.20 Å². The maximum absolute atomic E-state index is 3.26. The number of hydrogen-bond donors (Lipinski definition) is 1. The number of H-pyrrole nitrogens is 1. The Kier molecular flexibility index (Phi) is 3.11. The van der Waals surface area contributed by atoms with Gasteiger partial charge in [-0.1, -0.05) is 30.3 Å². The van der Waals surface area contributed by atoms with E-state index in [4.69, 9.17) is 0 Å². The number of nitrogens with one attached hydrogen (secondary N) is 1. The van der Waals surface area contributed by atoms with Crippen LogP contribution in [-0.2, 0) is 6.42 Å². The number of aromatic amines is 1. The first-order chi connectivity index (χ1) is 8.86. The number of para-hydroxylation sites is 1. The Morgan fingerprint density at radius 1 is 1.06 bits per heavy atom. The summed E-state index contributed by atoms with van der Waals surface area (Å²) in [5.41, 5.74) is 3.73. The Bertz CT molecular complexity index is 652. The zero-order chi connectivity index (χ0) is 12.4. The van der Waals surface area contributed by atoms with Gasteiger partial charge in [0.15, 0.2) is 0 Å². The van der Waals surface area contributed by atoms with E-state index in [9.17, 15) is 0 Å². The highest BCUT2D eigenvalue weighted by Gasteiger charge is 2.04. The molecular weight excluding hydrogens is 238 g/mol. The average molecular weight is 252 g/mol. The van der Waals surface area contributed by atoms with Crippen LogP contribution in [0.5, 0.6) is 0 Å². The molecule has 0 unspecified atom stereocenters. The van der Waals surface area contributed by atoms with Crippen molar-refractivity contribution in [3.63, 3.8) is 0 Å². The molecule has 3 aromatic rings. The van der Waals surface area contributed by atoms with Crippen LogP contribution in [0, 0.1) is 6.20 Å². The third-order valence-corrected chi connectivity index (χ3v) is 3.88. The van der Waals surface area contributed by atoms with Crippen LogP contribution in [0.1, 0.15) is 11.1 Å². The summed E-state index contributed by atoms with van der Waals surface area (Å²) in [7, 11) is 0. The molecule has 3 rings (SSSR count). The van der Waals surface area contributed by atoms with Crippen LogP contribution < -0.4 is 0 Å². The number of hydrogen-bond acceptors (Lipinski definition) is 1. The molecule has 89 valence electrons. The summed E-state index contributed by atoms with van der Waals surface area (Å²) in [4.78, 5) is 4.51. The van der Waals surface area contributed by atoms with E-state index < -0.39 is 0 Å². The van der Waals surface area contributed by atoms with Crippen LogP contribution in [0.4, 0.5) is 0 Å². The van der Waals surface area contributed by atoms with E-state index in [1.807, 2.05) is 6.07 Å². The van der Waals surface area contributed by atoms with Gasteiger partial charge in [-0.3, -0.25) is 0 Å². The first-order valence-electron chi connectivity index (χ1n) is 5.97. The van der Waals surface area contributed by atoms with Gasteiger partial charge in [-0.2, -0.15) is 0 Å². The Labute approximate surface area is 111 Å². The maximum Gasteiger partial charge on any atom is 0.0669 e. The second-order valence-corrected chi connectivity index (χ2v) is 5.18. The van der Waals surface area contributed by atoms with Crippen molar-refractivity contribution in [1.29, 1.82) is 0 Å². The molecule has 1 N–H and O–H groups in total.